The average molecular weight is 326 g/mol. The number of rotatable bonds is 2. The second kappa shape index (κ2) is 6.39. The lowest BCUT2D eigenvalue weighted by molar-refractivity contribution is 0.156. The Labute approximate surface area is 122 Å². The quantitative estimate of drug-likeness (QED) is 0.907. The van der Waals surface area contributed by atoms with Gasteiger partial charge in [0.15, 0.2) is 0 Å². The zero-order valence-corrected chi connectivity index (χ0v) is 13.0. The number of hydrogen-bond donors (Lipinski definition) is 1. The monoisotopic (exact) mass is 325 g/mol. The predicted molar refractivity (Wildman–Crippen MR) is 81.4 cm³/mol. The Kier molecular flexibility index (Phi) is 4.82. The summed E-state index contributed by atoms with van der Waals surface area (Å²) in [4.78, 5) is 16.4. The molecule has 1 aromatic rings. The van der Waals surface area contributed by atoms with Gasteiger partial charge in [-0.15, -0.1) is 0 Å². The highest BCUT2D eigenvalue weighted by atomic mass is 79.9. The molecule has 0 spiro atoms. The molecule has 0 aromatic heterocycles. The fourth-order valence-corrected chi connectivity index (χ4v) is 2.70. The number of benzene rings is 1. The topological polar surface area (TPSA) is 35.6 Å². The lowest BCUT2D eigenvalue weighted by Crippen LogP contribution is -2.46. The molecule has 1 fully saturated rings. The van der Waals surface area contributed by atoms with Crippen molar-refractivity contribution in [2.24, 2.45) is 0 Å². The van der Waals surface area contributed by atoms with Crippen molar-refractivity contribution in [1.29, 1.82) is 0 Å². The average Bonchev–Trinajstić information content (AvgIpc) is 2.41. The number of anilines is 1. The summed E-state index contributed by atoms with van der Waals surface area (Å²) in [5.74, 6) is 0. The number of likely N-dealkylation sites (tertiary alicyclic amines) is 1. The number of urea groups is 1. The maximum atomic E-state index is 12.2. The molecule has 0 saturated carbocycles. The molecule has 104 valence electrons. The van der Waals surface area contributed by atoms with E-state index in [4.69, 9.17) is 0 Å². The van der Waals surface area contributed by atoms with Gasteiger partial charge < -0.3 is 15.1 Å². The van der Waals surface area contributed by atoms with Crippen LogP contribution in [0.2, 0.25) is 0 Å². The second-order valence-electron chi connectivity index (χ2n) is 5.06. The van der Waals surface area contributed by atoms with Gasteiger partial charge in [-0.1, -0.05) is 12.1 Å². The molecule has 4 nitrogen and oxygen atoms in total. The Morgan fingerprint density at radius 2 is 2.00 bits per heavy atom. The molecule has 1 aliphatic heterocycles. The summed E-state index contributed by atoms with van der Waals surface area (Å²) < 4.78 is 0.903. The first-order chi connectivity index (χ1) is 9.08. The highest BCUT2D eigenvalue weighted by Gasteiger charge is 2.24. The molecule has 1 heterocycles. The third kappa shape index (κ3) is 3.70. The number of nitrogens with zero attached hydrogens (tertiary/aromatic N) is 2. The molecule has 1 aromatic carbocycles. The fourth-order valence-electron chi connectivity index (χ4n) is 2.31. The first-order valence-corrected chi connectivity index (χ1v) is 7.34. The summed E-state index contributed by atoms with van der Waals surface area (Å²) in [7, 11) is 4.00. The number of para-hydroxylation sites is 1. The Morgan fingerprint density at radius 3 is 2.63 bits per heavy atom. The van der Waals surface area contributed by atoms with Crippen LogP contribution >= 0.6 is 15.9 Å². The van der Waals surface area contributed by atoms with Crippen molar-refractivity contribution in [2.45, 2.75) is 18.9 Å². The lowest BCUT2D eigenvalue weighted by Gasteiger charge is -2.35. The van der Waals surface area contributed by atoms with E-state index in [1.807, 2.05) is 36.2 Å². The van der Waals surface area contributed by atoms with E-state index in [2.05, 4.69) is 33.2 Å². The Hall–Kier alpha value is -1.07. The van der Waals surface area contributed by atoms with Gasteiger partial charge in [0.25, 0.3) is 0 Å². The zero-order valence-electron chi connectivity index (χ0n) is 11.4. The molecule has 0 aliphatic carbocycles. The maximum Gasteiger partial charge on any atom is 0.321 e. The Morgan fingerprint density at radius 1 is 1.37 bits per heavy atom. The number of piperidine rings is 1. The van der Waals surface area contributed by atoms with Crippen LogP contribution in [0.3, 0.4) is 0 Å². The SMILES string of the molecule is CN1CCC(N(C)C(=O)Nc2ccccc2Br)CC1. The normalized spacial score (nSPS) is 17.2. The largest absolute Gasteiger partial charge is 0.325 e. The van der Waals surface area contributed by atoms with Gasteiger partial charge in [0.05, 0.1) is 5.69 Å². The third-order valence-electron chi connectivity index (χ3n) is 3.67. The lowest BCUT2D eigenvalue weighted by atomic mass is 10.0. The molecule has 1 aliphatic rings. The highest BCUT2D eigenvalue weighted by molar-refractivity contribution is 9.10. The molecule has 19 heavy (non-hydrogen) atoms. The minimum absolute atomic E-state index is 0.0403. The van der Waals surface area contributed by atoms with Crippen LogP contribution in [0, 0.1) is 0 Å². The van der Waals surface area contributed by atoms with Crippen LogP contribution in [0.5, 0.6) is 0 Å². The highest BCUT2D eigenvalue weighted by Crippen LogP contribution is 2.22. The maximum absolute atomic E-state index is 12.2. The van der Waals surface area contributed by atoms with Gasteiger partial charge in [0.1, 0.15) is 0 Å². The van der Waals surface area contributed by atoms with E-state index in [-0.39, 0.29) is 6.03 Å². The number of amides is 2. The molecule has 0 unspecified atom stereocenters. The van der Waals surface area contributed by atoms with E-state index in [9.17, 15) is 4.79 Å². The standard InChI is InChI=1S/C14H20BrN3O/c1-17-9-7-11(8-10-17)18(2)14(19)16-13-6-4-3-5-12(13)15/h3-6,11H,7-10H2,1-2H3,(H,16,19). The van der Waals surface area contributed by atoms with Crippen molar-refractivity contribution in [1.82, 2.24) is 9.80 Å². The summed E-state index contributed by atoms with van der Waals surface area (Å²) in [6.07, 6.45) is 2.08. The molecule has 0 bridgehead atoms. The first kappa shape index (κ1) is 14.3. The van der Waals surface area contributed by atoms with Crippen molar-refractivity contribution in [3.05, 3.63) is 28.7 Å². The summed E-state index contributed by atoms with van der Waals surface area (Å²) in [6.45, 7) is 2.11. The predicted octanol–water partition coefficient (Wildman–Crippen LogP) is 3.01. The fraction of sp³-hybridized carbons (Fsp3) is 0.500. The van der Waals surface area contributed by atoms with Gasteiger partial charge in [0.2, 0.25) is 0 Å². The van der Waals surface area contributed by atoms with Gasteiger partial charge in [-0.25, -0.2) is 4.79 Å². The summed E-state index contributed by atoms with van der Waals surface area (Å²) in [5.41, 5.74) is 0.812. The summed E-state index contributed by atoms with van der Waals surface area (Å²) in [5, 5.41) is 2.94. The second-order valence-corrected chi connectivity index (χ2v) is 5.91. The number of halogens is 1. The number of hydrogen-bond acceptors (Lipinski definition) is 2. The van der Waals surface area contributed by atoms with Gasteiger partial charge in [-0.2, -0.15) is 0 Å². The van der Waals surface area contributed by atoms with Gasteiger partial charge in [0, 0.05) is 17.6 Å². The zero-order chi connectivity index (χ0) is 13.8. The van der Waals surface area contributed by atoms with Crippen LogP contribution < -0.4 is 5.32 Å². The smallest absolute Gasteiger partial charge is 0.321 e. The van der Waals surface area contributed by atoms with Crippen molar-refractivity contribution in [3.63, 3.8) is 0 Å². The van der Waals surface area contributed by atoms with Crippen LogP contribution in [-0.4, -0.2) is 49.1 Å². The minimum Gasteiger partial charge on any atom is -0.325 e. The molecule has 5 heteroatoms. The van der Waals surface area contributed by atoms with Crippen molar-refractivity contribution >= 4 is 27.6 Å². The van der Waals surface area contributed by atoms with Crippen LogP contribution in [-0.2, 0) is 0 Å². The molecular formula is C14H20BrN3O. The van der Waals surface area contributed by atoms with E-state index in [1.165, 1.54) is 0 Å². The summed E-state index contributed by atoms with van der Waals surface area (Å²) >= 11 is 3.44. The molecule has 2 rings (SSSR count). The number of carbonyl (C=O) groups is 1. The van der Waals surface area contributed by atoms with Crippen LogP contribution in [0.25, 0.3) is 0 Å². The van der Waals surface area contributed by atoms with Gasteiger partial charge in [-0.05, 0) is 61.0 Å². The number of nitrogens with one attached hydrogen (secondary N) is 1. The number of carbonyl (C=O) groups excluding carboxylic acids is 1. The van der Waals surface area contributed by atoms with Crippen LogP contribution in [0.15, 0.2) is 28.7 Å². The van der Waals surface area contributed by atoms with E-state index in [0.717, 1.165) is 36.1 Å². The third-order valence-corrected chi connectivity index (χ3v) is 4.36. The minimum atomic E-state index is -0.0403. The van der Waals surface area contributed by atoms with Crippen molar-refractivity contribution < 1.29 is 4.79 Å². The molecule has 1 saturated heterocycles. The Balaban J connectivity index is 1.94. The Bertz CT molecular complexity index is 444. The van der Waals surface area contributed by atoms with Gasteiger partial charge in [-0.3, -0.25) is 0 Å². The van der Waals surface area contributed by atoms with E-state index < -0.39 is 0 Å². The molecular weight excluding hydrogens is 306 g/mol. The van der Waals surface area contributed by atoms with E-state index >= 15 is 0 Å². The molecule has 0 atom stereocenters. The van der Waals surface area contributed by atoms with Crippen LogP contribution in [0.4, 0.5) is 10.5 Å². The van der Waals surface area contributed by atoms with Crippen molar-refractivity contribution in [3.8, 4) is 0 Å². The van der Waals surface area contributed by atoms with E-state index in [1.54, 1.807) is 0 Å². The van der Waals surface area contributed by atoms with Crippen LogP contribution in [0.1, 0.15) is 12.8 Å². The van der Waals surface area contributed by atoms with Crippen molar-refractivity contribution in [2.75, 3.05) is 32.5 Å². The van der Waals surface area contributed by atoms with E-state index in [0.29, 0.717) is 6.04 Å². The first-order valence-electron chi connectivity index (χ1n) is 6.55. The van der Waals surface area contributed by atoms with Gasteiger partial charge >= 0.3 is 6.03 Å². The molecule has 1 N–H and O–H groups in total. The molecule has 2 amide bonds. The summed E-state index contributed by atoms with van der Waals surface area (Å²) in [6, 6.07) is 7.95. The molecule has 0 radical (unpaired) electrons.